The molecule has 2 rings (SSSR count). The largest absolute Gasteiger partial charge is 0.456 e. The molecule has 0 amide bonds. The zero-order valence-corrected chi connectivity index (χ0v) is 11.5. The standard InChI is InChI=1S/C14H13BrFNO/c1-17-9-10-2-7-14(13(15)8-10)18-12-5-3-11(16)4-6-12/h2-8,17H,9H2,1H3. The third-order valence-corrected chi connectivity index (χ3v) is 3.04. The van der Waals surface area contributed by atoms with Crippen molar-refractivity contribution in [2.75, 3.05) is 7.05 Å². The molecule has 2 aromatic rings. The minimum atomic E-state index is -0.272. The van der Waals surface area contributed by atoms with Crippen molar-refractivity contribution in [3.8, 4) is 11.5 Å². The van der Waals surface area contributed by atoms with E-state index in [0.717, 1.165) is 16.6 Å². The van der Waals surface area contributed by atoms with Crippen molar-refractivity contribution >= 4 is 15.9 Å². The minimum Gasteiger partial charge on any atom is -0.456 e. The van der Waals surface area contributed by atoms with Crippen LogP contribution in [-0.2, 0) is 6.54 Å². The van der Waals surface area contributed by atoms with Crippen molar-refractivity contribution in [3.63, 3.8) is 0 Å². The van der Waals surface area contributed by atoms with Gasteiger partial charge in [0.2, 0.25) is 0 Å². The molecule has 2 nitrogen and oxygen atoms in total. The summed E-state index contributed by atoms with van der Waals surface area (Å²) in [6.45, 7) is 0.801. The number of rotatable bonds is 4. The topological polar surface area (TPSA) is 21.3 Å². The smallest absolute Gasteiger partial charge is 0.141 e. The zero-order chi connectivity index (χ0) is 13.0. The summed E-state index contributed by atoms with van der Waals surface area (Å²) in [5.74, 6) is 1.05. The molecule has 0 radical (unpaired) electrons. The van der Waals surface area contributed by atoms with Gasteiger partial charge in [-0.05, 0) is 64.9 Å². The molecule has 0 saturated carbocycles. The second-order valence-electron chi connectivity index (χ2n) is 3.85. The molecule has 0 aliphatic rings. The van der Waals surface area contributed by atoms with Gasteiger partial charge in [0, 0.05) is 6.54 Å². The molecule has 18 heavy (non-hydrogen) atoms. The lowest BCUT2D eigenvalue weighted by atomic mass is 10.2. The number of halogens is 2. The summed E-state index contributed by atoms with van der Waals surface area (Å²) in [6.07, 6.45) is 0. The first-order chi connectivity index (χ1) is 8.69. The zero-order valence-electron chi connectivity index (χ0n) is 9.91. The summed E-state index contributed by atoms with van der Waals surface area (Å²) in [6, 6.07) is 11.8. The lowest BCUT2D eigenvalue weighted by Gasteiger charge is -2.09. The molecule has 0 fully saturated rings. The van der Waals surface area contributed by atoms with E-state index < -0.39 is 0 Å². The lowest BCUT2D eigenvalue weighted by molar-refractivity contribution is 0.477. The maximum Gasteiger partial charge on any atom is 0.141 e. The van der Waals surface area contributed by atoms with Crippen LogP contribution < -0.4 is 10.1 Å². The molecule has 0 unspecified atom stereocenters. The fraction of sp³-hybridized carbons (Fsp3) is 0.143. The highest BCUT2D eigenvalue weighted by molar-refractivity contribution is 9.10. The summed E-state index contributed by atoms with van der Waals surface area (Å²) in [5.41, 5.74) is 1.16. The number of hydrogen-bond acceptors (Lipinski definition) is 2. The highest BCUT2D eigenvalue weighted by Crippen LogP contribution is 2.30. The first-order valence-corrected chi connectivity index (χ1v) is 6.35. The molecule has 94 valence electrons. The number of hydrogen-bond donors (Lipinski definition) is 1. The summed E-state index contributed by atoms with van der Waals surface area (Å²) in [5, 5.41) is 3.08. The minimum absolute atomic E-state index is 0.272. The Bertz CT molecular complexity index is 528. The Labute approximate surface area is 114 Å². The van der Waals surface area contributed by atoms with Crippen LogP contribution in [-0.4, -0.2) is 7.05 Å². The molecule has 0 bridgehead atoms. The number of nitrogens with one attached hydrogen (secondary N) is 1. The molecule has 0 aliphatic carbocycles. The van der Waals surface area contributed by atoms with Crippen molar-refractivity contribution < 1.29 is 9.13 Å². The first kappa shape index (κ1) is 13.1. The van der Waals surface area contributed by atoms with Crippen LogP contribution in [0.1, 0.15) is 5.56 Å². The maximum atomic E-state index is 12.8. The highest BCUT2D eigenvalue weighted by atomic mass is 79.9. The normalized spacial score (nSPS) is 10.4. The van der Waals surface area contributed by atoms with Crippen molar-refractivity contribution in [1.29, 1.82) is 0 Å². The molecule has 0 heterocycles. The number of ether oxygens (including phenoxy) is 1. The van der Waals surface area contributed by atoms with E-state index in [0.29, 0.717) is 11.5 Å². The first-order valence-electron chi connectivity index (χ1n) is 5.55. The van der Waals surface area contributed by atoms with Crippen LogP contribution in [0.15, 0.2) is 46.9 Å². The fourth-order valence-electron chi connectivity index (χ4n) is 1.57. The monoisotopic (exact) mass is 309 g/mol. The van der Waals surface area contributed by atoms with Crippen LogP contribution in [0, 0.1) is 5.82 Å². The molecule has 0 spiro atoms. The lowest BCUT2D eigenvalue weighted by Crippen LogP contribution is -2.04. The van der Waals surface area contributed by atoms with Gasteiger partial charge in [-0.3, -0.25) is 0 Å². The highest BCUT2D eigenvalue weighted by Gasteiger charge is 2.04. The van der Waals surface area contributed by atoms with E-state index in [4.69, 9.17) is 4.74 Å². The Hall–Kier alpha value is -1.39. The average molecular weight is 310 g/mol. The van der Waals surface area contributed by atoms with Crippen LogP contribution in [0.4, 0.5) is 4.39 Å². The quantitative estimate of drug-likeness (QED) is 0.918. The molecular formula is C14H13BrFNO. The van der Waals surface area contributed by atoms with Gasteiger partial charge >= 0.3 is 0 Å². The molecule has 1 N–H and O–H groups in total. The third-order valence-electron chi connectivity index (χ3n) is 2.42. The Morgan fingerprint density at radius 3 is 2.50 bits per heavy atom. The molecular weight excluding hydrogens is 297 g/mol. The van der Waals surface area contributed by atoms with Gasteiger partial charge in [0.15, 0.2) is 0 Å². The molecule has 0 aromatic heterocycles. The van der Waals surface area contributed by atoms with E-state index in [-0.39, 0.29) is 5.82 Å². The van der Waals surface area contributed by atoms with Crippen LogP contribution >= 0.6 is 15.9 Å². The van der Waals surface area contributed by atoms with E-state index in [1.165, 1.54) is 12.1 Å². The second-order valence-corrected chi connectivity index (χ2v) is 4.71. The Morgan fingerprint density at radius 1 is 1.17 bits per heavy atom. The Morgan fingerprint density at radius 2 is 1.89 bits per heavy atom. The fourth-order valence-corrected chi connectivity index (χ4v) is 2.08. The Balaban J connectivity index is 2.16. The van der Waals surface area contributed by atoms with Gasteiger partial charge in [0.1, 0.15) is 17.3 Å². The predicted octanol–water partition coefficient (Wildman–Crippen LogP) is 4.10. The number of benzene rings is 2. The van der Waals surface area contributed by atoms with Crippen molar-refractivity contribution in [2.24, 2.45) is 0 Å². The molecule has 2 aromatic carbocycles. The van der Waals surface area contributed by atoms with E-state index in [1.807, 2.05) is 25.2 Å². The Kier molecular flexibility index (Phi) is 4.33. The van der Waals surface area contributed by atoms with Crippen molar-refractivity contribution in [1.82, 2.24) is 5.32 Å². The average Bonchev–Trinajstić information content (AvgIpc) is 2.36. The molecule has 0 atom stereocenters. The molecule has 0 saturated heterocycles. The van der Waals surface area contributed by atoms with Gasteiger partial charge in [-0.2, -0.15) is 0 Å². The van der Waals surface area contributed by atoms with E-state index in [2.05, 4.69) is 21.2 Å². The van der Waals surface area contributed by atoms with Gasteiger partial charge in [-0.15, -0.1) is 0 Å². The van der Waals surface area contributed by atoms with Crippen LogP contribution in [0.5, 0.6) is 11.5 Å². The molecule has 0 aliphatic heterocycles. The maximum absolute atomic E-state index is 12.8. The van der Waals surface area contributed by atoms with Crippen LogP contribution in [0.25, 0.3) is 0 Å². The van der Waals surface area contributed by atoms with Crippen molar-refractivity contribution in [2.45, 2.75) is 6.54 Å². The predicted molar refractivity (Wildman–Crippen MR) is 73.4 cm³/mol. The summed E-state index contributed by atoms with van der Waals surface area (Å²) in [4.78, 5) is 0. The van der Waals surface area contributed by atoms with Gasteiger partial charge in [-0.1, -0.05) is 6.07 Å². The van der Waals surface area contributed by atoms with E-state index in [1.54, 1.807) is 12.1 Å². The summed E-state index contributed by atoms with van der Waals surface area (Å²) in [7, 11) is 1.90. The van der Waals surface area contributed by atoms with Gasteiger partial charge in [0.05, 0.1) is 4.47 Å². The van der Waals surface area contributed by atoms with E-state index in [9.17, 15) is 4.39 Å². The SMILES string of the molecule is CNCc1ccc(Oc2ccc(F)cc2)c(Br)c1. The van der Waals surface area contributed by atoms with Crippen LogP contribution in [0.2, 0.25) is 0 Å². The third kappa shape index (κ3) is 3.31. The molecule has 4 heteroatoms. The van der Waals surface area contributed by atoms with Gasteiger partial charge in [-0.25, -0.2) is 4.39 Å². The second kappa shape index (κ2) is 5.98. The van der Waals surface area contributed by atoms with Gasteiger partial charge < -0.3 is 10.1 Å². The van der Waals surface area contributed by atoms with Crippen molar-refractivity contribution in [3.05, 3.63) is 58.3 Å². The van der Waals surface area contributed by atoms with E-state index >= 15 is 0 Å². The summed E-state index contributed by atoms with van der Waals surface area (Å²) >= 11 is 3.46. The van der Waals surface area contributed by atoms with Crippen LogP contribution in [0.3, 0.4) is 0 Å². The van der Waals surface area contributed by atoms with Gasteiger partial charge in [0.25, 0.3) is 0 Å². The summed E-state index contributed by atoms with van der Waals surface area (Å²) < 4.78 is 19.3.